The second-order valence-electron chi connectivity index (χ2n) is 9.69. The molecule has 0 unspecified atom stereocenters. The molecule has 3 aliphatic rings. The highest BCUT2D eigenvalue weighted by Crippen LogP contribution is 2.40. The van der Waals surface area contributed by atoms with E-state index < -0.39 is 22.9 Å². The van der Waals surface area contributed by atoms with Gasteiger partial charge in [0, 0.05) is 25.8 Å². The molecule has 0 saturated carbocycles. The number of fused-ring (bicyclic) bond motifs is 1. The van der Waals surface area contributed by atoms with Crippen LogP contribution in [0.15, 0.2) is 71.0 Å². The van der Waals surface area contributed by atoms with Crippen molar-refractivity contribution >= 4 is 34.8 Å². The van der Waals surface area contributed by atoms with Crippen molar-refractivity contribution in [3.63, 3.8) is 0 Å². The molecule has 0 radical (unpaired) electrons. The van der Waals surface area contributed by atoms with Gasteiger partial charge in [0.25, 0.3) is 11.8 Å². The van der Waals surface area contributed by atoms with Crippen LogP contribution < -0.4 is 4.90 Å². The van der Waals surface area contributed by atoms with Crippen LogP contribution in [0.3, 0.4) is 0 Å². The number of methoxy groups -OCH3 is 1. The van der Waals surface area contributed by atoms with E-state index >= 15 is 0 Å². The summed E-state index contributed by atoms with van der Waals surface area (Å²) in [5.74, 6) is -2.50. The Balaban J connectivity index is 1.71. The summed E-state index contributed by atoms with van der Waals surface area (Å²) in [6.45, 7) is 11.0. The Labute approximate surface area is 231 Å². The lowest BCUT2D eigenvalue weighted by molar-refractivity contribution is -0.122. The highest BCUT2D eigenvalue weighted by Gasteiger charge is 2.51. The number of thiocarbonyl (C=S) groups is 1. The number of carbonyl (C=O) groups is 1. The Morgan fingerprint density at radius 3 is 2.59 bits per heavy atom. The molecule has 0 spiro atoms. The average Bonchev–Trinajstić information content (AvgIpc) is 3.07. The first-order valence-corrected chi connectivity index (χ1v) is 12.7. The van der Waals surface area contributed by atoms with Gasteiger partial charge >= 0.3 is 0 Å². The fourth-order valence-electron chi connectivity index (χ4n) is 4.61. The number of nitriles is 1. The zero-order valence-electron chi connectivity index (χ0n) is 22.4. The summed E-state index contributed by atoms with van der Waals surface area (Å²) in [7, 11) is 1.59. The summed E-state index contributed by atoms with van der Waals surface area (Å²) in [6.07, 6.45) is 6.00. The molecule has 8 nitrogen and oxygen atoms in total. The number of rotatable bonds is 8. The lowest BCUT2D eigenvalue weighted by Gasteiger charge is -2.36. The van der Waals surface area contributed by atoms with Crippen LogP contribution in [0.2, 0.25) is 0 Å². The van der Waals surface area contributed by atoms with Gasteiger partial charge in [-0.25, -0.2) is 13.8 Å². The quantitative estimate of drug-likeness (QED) is 0.319. The molecule has 39 heavy (non-hydrogen) atoms. The number of hydrogen-bond acceptors (Lipinski definition) is 7. The molecule has 0 bridgehead atoms. The van der Waals surface area contributed by atoms with Gasteiger partial charge < -0.3 is 14.4 Å². The molecule has 1 fully saturated rings. The number of aliphatic imine (C=N–C) groups is 1. The Morgan fingerprint density at radius 1 is 1.26 bits per heavy atom. The Hall–Kier alpha value is -3.88. The number of amidine groups is 1. The van der Waals surface area contributed by atoms with Crippen LogP contribution in [0.5, 0.6) is 0 Å². The predicted molar refractivity (Wildman–Crippen MR) is 148 cm³/mol. The van der Waals surface area contributed by atoms with Crippen molar-refractivity contribution in [2.24, 2.45) is 4.99 Å². The maximum atomic E-state index is 14.3. The van der Waals surface area contributed by atoms with Gasteiger partial charge in [0.15, 0.2) is 10.9 Å². The largest absolute Gasteiger partial charge is 0.487 e. The van der Waals surface area contributed by atoms with Crippen LogP contribution in [-0.2, 0) is 20.2 Å². The summed E-state index contributed by atoms with van der Waals surface area (Å²) in [6, 6.07) is 5.65. The number of benzene rings is 1. The molecule has 3 aliphatic heterocycles. The first-order valence-electron chi connectivity index (χ1n) is 12.3. The van der Waals surface area contributed by atoms with Gasteiger partial charge in [0.1, 0.15) is 18.0 Å². The third-order valence-corrected chi connectivity index (χ3v) is 6.99. The van der Waals surface area contributed by atoms with Gasteiger partial charge in [0.05, 0.1) is 41.0 Å². The normalized spacial score (nSPS) is 18.8. The van der Waals surface area contributed by atoms with E-state index in [1.165, 1.54) is 17.0 Å². The predicted octanol–water partition coefficient (Wildman–Crippen LogP) is 5.31. The van der Waals surface area contributed by atoms with E-state index in [4.69, 9.17) is 26.7 Å². The van der Waals surface area contributed by atoms with Gasteiger partial charge in [-0.1, -0.05) is 13.5 Å². The van der Waals surface area contributed by atoms with E-state index in [2.05, 4.69) is 6.58 Å². The summed E-state index contributed by atoms with van der Waals surface area (Å²) in [4.78, 5) is 23.0. The molecule has 1 amide bonds. The van der Waals surface area contributed by atoms with Crippen LogP contribution in [0, 0.1) is 11.3 Å². The highest BCUT2D eigenvalue weighted by molar-refractivity contribution is 7.80. The minimum Gasteiger partial charge on any atom is -0.487 e. The first kappa shape index (κ1) is 28.1. The molecule has 1 aromatic rings. The number of nitrogens with zero attached hydrogens (tertiary/aromatic N) is 5. The van der Waals surface area contributed by atoms with E-state index in [1.54, 1.807) is 55.2 Å². The van der Waals surface area contributed by atoms with E-state index in [9.17, 15) is 18.8 Å². The van der Waals surface area contributed by atoms with Gasteiger partial charge in [-0.15, -0.1) is 0 Å². The van der Waals surface area contributed by atoms with E-state index in [0.717, 1.165) is 11.8 Å². The molecule has 4 rings (SSSR count). The number of halogens is 2. The van der Waals surface area contributed by atoms with Crippen molar-refractivity contribution in [3.05, 3.63) is 77.1 Å². The van der Waals surface area contributed by atoms with Gasteiger partial charge in [-0.05, 0) is 62.8 Å². The molecular formula is C28H29F2N5O3S. The third kappa shape index (κ3) is 4.86. The fraction of sp³-hybridized carbons (Fsp3) is 0.357. The zero-order valence-corrected chi connectivity index (χ0v) is 23.2. The lowest BCUT2D eigenvalue weighted by Crippen LogP contribution is -2.44. The monoisotopic (exact) mass is 553 g/mol. The molecular weight excluding hydrogens is 524 g/mol. The Morgan fingerprint density at radius 2 is 1.97 bits per heavy atom. The number of alkyl halides is 2. The number of ether oxygens (including phenoxy) is 2. The number of allylic oxidation sites excluding steroid dienone is 2. The second kappa shape index (κ2) is 10.4. The summed E-state index contributed by atoms with van der Waals surface area (Å²) in [5.41, 5.74) is 0.267. The highest BCUT2D eigenvalue weighted by atomic mass is 32.1. The first-order chi connectivity index (χ1) is 18.4. The van der Waals surface area contributed by atoms with Gasteiger partial charge in [-0.3, -0.25) is 14.6 Å². The smallest absolute Gasteiger partial charge is 0.271 e. The molecule has 11 heteroatoms. The number of anilines is 1. The van der Waals surface area contributed by atoms with E-state index in [1.807, 2.05) is 6.92 Å². The molecule has 204 valence electrons. The van der Waals surface area contributed by atoms with Crippen LogP contribution in [0.25, 0.3) is 0 Å². The minimum atomic E-state index is -3.28. The van der Waals surface area contributed by atoms with Crippen LogP contribution in [0.1, 0.15) is 45.2 Å². The van der Waals surface area contributed by atoms with Crippen molar-refractivity contribution in [2.75, 3.05) is 25.2 Å². The molecule has 1 saturated heterocycles. The van der Waals surface area contributed by atoms with Gasteiger partial charge in [-0.2, -0.15) is 5.26 Å². The third-order valence-electron chi connectivity index (χ3n) is 6.63. The number of amides is 1. The molecule has 0 N–H and O–H groups in total. The lowest BCUT2D eigenvalue weighted by atomic mass is 10.0. The van der Waals surface area contributed by atoms with E-state index in [-0.39, 0.29) is 16.4 Å². The van der Waals surface area contributed by atoms with Crippen molar-refractivity contribution in [3.8, 4) is 6.07 Å². The topological polar surface area (TPSA) is 81.4 Å². The maximum absolute atomic E-state index is 14.3. The zero-order chi connectivity index (χ0) is 28.7. The average molecular weight is 554 g/mol. The molecule has 0 aliphatic carbocycles. The van der Waals surface area contributed by atoms with Crippen LogP contribution >= 0.6 is 12.2 Å². The SMILES string of the molecule is C=C1C(OCCOC)=C(CC)N=C2C=CC(N3C(=S)N(c4ccc(C#N)c(C(C)(F)F)c4)C(=O)C3(C)C)=CN12. The molecule has 0 atom stereocenters. The van der Waals surface area contributed by atoms with Crippen molar-refractivity contribution < 1.29 is 23.0 Å². The molecule has 0 aromatic heterocycles. The second-order valence-corrected chi connectivity index (χ2v) is 10.1. The Kier molecular flexibility index (Phi) is 7.47. The summed E-state index contributed by atoms with van der Waals surface area (Å²) < 4.78 is 39.6. The number of carbonyl (C=O) groups excluding carboxylic acids is 1. The van der Waals surface area contributed by atoms with E-state index in [0.29, 0.717) is 49.5 Å². The van der Waals surface area contributed by atoms with Crippen molar-refractivity contribution in [2.45, 2.75) is 45.6 Å². The van der Waals surface area contributed by atoms with Crippen molar-refractivity contribution in [1.82, 2.24) is 9.80 Å². The molecule has 3 heterocycles. The minimum absolute atomic E-state index is 0.111. The van der Waals surface area contributed by atoms with Crippen LogP contribution in [-0.4, -0.2) is 52.5 Å². The standard InChI is InChI=1S/C28H29F2N5O3S/c1-7-22-24(38-13-12-37-6)17(2)33-16-20(10-11-23(33)32-22)35-26(39)34(25(36)27(35,3)4)19-9-8-18(15-31)21(14-19)28(5,29)30/h8-11,14,16H,2,7,12-13H2,1,3-6H3. The Bertz CT molecular complexity index is 1410. The summed E-state index contributed by atoms with van der Waals surface area (Å²) in [5, 5.41) is 9.42. The fourth-order valence-corrected chi connectivity index (χ4v) is 5.13. The van der Waals surface area contributed by atoms with Crippen molar-refractivity contribution in [1.29, 1.82) is 5.26 Å². The van der Waals surface area contributed by atoms with Gasteiger partial charge in [0.2, 0.25) is 0 Å². The van der Waals surface area contributed by atoms with Crippen LogP contribution in [0.4, 0.5) is 14.5 Å². The summed E-state index contributed by atoms with van der Waals surface area (Å²) >= 11 is 5.74. The molecule has 1 aromatic carbocycles. The number of hydrogen-bond donors (Lipinski definition) is 0. The maximum Gasteiger partial charge on any atom is 0.271 e.